The van der Waals surface area contributed by atoms with Gasteiger partial charge in [-0.15, -0.1) is 5.23 Å². The molecule has 0 saturated carbocycles. The predicted octanol–water partition coefficient (Wildman–Crippen LogP) is 3.34. The van der Waals surface area contributed by atoms with Gasteiger partial charge in [0.05, 0.1) is 15.4 Å². The zero-order valence-corrected chi connectivity index (χ0v) is 15.8. The van der Waals surface area contributed by atoms with E-state index in [2.05, 4.69) is 15.9 Å². The molecule has 0 unspecified atom stereocenters. The first-order valence-electron chi connectivity index (χ1n) is 6.99. The SMILES string of the molecule is NCc1cn(S(=O)(=O)c2ccc(Cl)c(N(O)O)c2)c2cccc(Br)c12. The van der Waals surface area contributed by atoms with Crippen LogP contribution in [0.15, 0.2) is 52.0 Å². The zero-order valence-electron chi connectivity index (χ0n) is 12.6. The Morgan fingerprint density at radius 1 is 1.24 bits per heavy atom. The summed E-state index contributed by atoms with van der Waals surface area (Å²) < 4.78 is 28.0. The third-order valence-corrected chi connectivity index (χ3v) is 6.38. The van der Waals surface area contributed by atoms with Crippen LogP contribution >= 0.6 is 27.5 Å². The Kier molecular flexibility index (Phi) is 4.80. The summed E-state index contributed by atoms with van der Waals surface area (Å²) in [5.74, 6) is 0. The summed E-state index contributed by atoms with van der Waals surface area (Å²) in [5, 5.41) is 18.9. The van der Waals surface area contributed by atoms with E-state index in [4.69, 9.17) is 17.3 Å². The molecule has 1 heterocycles. The van der Waals surface area contributed by atoms with Crippen molar-refractivity contribution in [2.75, 3.05) is 5.23 Å². The Hall–Kier alpha value is -1.62. The van der Waals surface area contributed by atoms with Crippen LogP contribution in [0.25, 0.3) is 10.9 Å². The van der Waals surface area contributed by atoms with E-state index in [1.54, 1.807) is 18.2 Å². The first-order chi connectivity index (χ1) is 11.8. The molecule has 10 heteroatoms. The van der Waals surface area contributed by atoms with Crippen molar-refractivity contribution in [3.05, 3.63) is 57.7 Å². The van der Waals surface area contributed by atoms with E-state index >= 15 is 0 Å². The first-order valence-corrected chi connectivity index (χ1v) is 9.60. The van der Waals surface area contributed by atoms with Gasteiger partial charge in [0.15, 0.2) is 0 Å². The summed E-state index contributed by atoms with van der Waals surface area (Å²) in [7, 11) is -4.01. The highest BCUT2D eigenvalue weighted by atomic mass is 79.9. The van der Waals surface area contributed by atoms with Gasteiger partial charge in [-0.2, -0.15) is 0 Å². The Morgan fingerprint density at radius 3 is 2.60 bits per heavy atom. The number of anilines is 1. The van der Waals surface area contributed by atoms with Gasteiger partial charge in [-0.25, -0.2) is 12.4 Å². The molecule has 0 aliphatic heterocycles. The highest BCUT2D eigenvalue weighted by Crippen LogP contribution is 2.33. The summed E-state index contributed by atoms with van der Waals surface area (Å²) in [6.45, 7) is 0.161. The molecule has 3 rings (SSSR count). The van der Waals surface area contributed by atoms with Gasteiger partial charge in [-0.1, -0.05) is 33.6 Å². The molecule has 7 nitrogen and oxygen atoms in total. The van der Waals surface area contributed by atoms with Crippen molar-refractivity contribution in [2.24, 2.45) is 5.73 Å². The minimum Gasteiger partial charge on any atom is -0.326 e. The first kappa shape index (κ1) is 18.2. The third-order valence-electron chi connectivity index (χ3n) is 3.73. The second-order valence-electron chi connectivity index (χ2n) is 5.20. The van der Waals surface area contributed by atoms with Crippen LogP contribution < -0.4 is 11.0 Å². The molecule has 0 radical (unpaired) electrons. The lowest BCUT2D eigenvalue weighted by Gasteiger charge is -2.13. The summed E-state index contributed by atoms with van der Waals surface area (Å²) >= 11 is 9.25. The topological polar surface area (TPSA) is 109 Å². The van der Waals surface area contributed by atoms with Crippen LogP contribution in [0.1, 0.15) is 5.56 Å². The predicted molar refractivity (Wildman–Crippen MR) is 97.6 cm³/mol. The highest BCUT2D eigenvalue weighted by Gasteiger charge is 2.23. The lowest BCUT2D eigenvalue weighted by atomic mass is 10.2. The number of nitrogens with two attached hydrogens (primary N) is 1. The van der Waals surface area contributed by atoms with Crippen molar-refractivity contribution in [1.82, 2.24) is 3.97 Å². The average Bonchev–Trinajstić information content (AvgIpc) is 2.95. The number of hydrogen-bond donors (Lipinski definition) is 3. The molecule has 3 aromatic rings. The van der Waals surface area contributed by atoms with Crippen LogP contribution in [0.4, 0.5) is 5.69 Å². The summed E-state index contributed by atoms with van der Waals surface area (Å²) in [5.41, 5.74) is 6.61. The van der Waals surface area contributed by atoms with E-state index in [1.807, 2.05) is 0 Å². The fourth-order valence-corrected chi connectivity index (χ4v) is 4.77. The lowest BCUT2D eigenvalue weighted by Crippen LogP contribution is -2.15. The number of nitrogens with zero attached hydrogens (tertiary/aromatic N) is 2. The average molecular weight is 447 g/mol. The molecule has 132 valence electrons. The second-order valence-corrected chi connectivity index (χ2v) is 8.27. The van der Waals surface area contributed by atoms with E-state index < -0.39 is 10.0 Å². The Bertz CT molecular complexity index is 1070. The van der Waals surface area contributed by atoms with Gasteiger partial charge < -0.3 is 5.73 Å². The summed E-state index contributed by atoms with van der Waals surface area (Å²) in [6.07, 6.45) is 1.45. The van der Waals surface area contributed by atoms with Crippen LogP contribution in [-0.2, 0) is 16.6 Å². The van der Waals surface area contributed by atoms with Crippen molar-refractivity contribution in [2.45, 2.75) is 11.4 Å². The number of fused-ring (bicyclic) bond motifs is 1. The molecule has 25 heavy (non-hydrogen) atoms. The van der Waals surface area contributed by atoms with Crippen LogP contribution in [0.3, 0.4) is 0 Å². The van der Waals surface area contributed by atoms with Crippen molar-refractivity contribution < 1.29 is 18.8 Å². The van der Waals surface area contributed by atoms with Gasteiger partial charge in [-0.05, 0) is 35.9 Å². The number of rotatable bonds is 4. The minimum atomic E-state index is -4.01. The smallest absolute Gasteiger partial charge is 0.268 e. The maximum atomic E-state index is 13.1. The normalized spacial score (nSPS) is 11.9. The number of benzene rings is 2. The van der Waals surface area contributed by atoms with E-state index in [-0.39, 0.29) is 27.4 Å². The molecule has 0 aliphatic carbocycles. The third kappa shape index (κ3) is 3.03. The van der Waals surface area contributed by atoms with E-state index in [9.17, 15) is 18.8 Å². The summed E-state index contributed by atoms with van der Waals surface area (Å²) in [6, 6.07) is 8.82. The fourth-order valence-electron chi connectivity index (χ4n) is 2.56. The van der Waals surface area contributed by atoms with Crippen LogP contribution in [0.5, 0.6) is 0 Å². The van der Waals surface area contributed by atoms with Gasteiger partial charge in [-0.3, -0.25) is 10.4 Å². The van der Waals surface area contributed by atoms with Crippen molar-refractivity contribution in [3.63, 3.8) is 0 Å². The molecule has 2 aromatic carbocycles. The fraction of sp³-hybridized carbons (Fsp3) is 0.0667. The van der Waals surface area contributed by atoms with Crippen LogP contribution in [0, 0.1) is 0 Å². The van der Waals surface area contributed by atoms with Crippen molar-refractivity contribution >= 4 is 54.1 Å². The largest absolute Gasteiger partial charge is 0.326 e. The van der Waals surface area contributed by atoms with Gasteiger partial charge in [0.1, 0.15) is 5.69 Å². The molecule has 0 aliphatic rings. The minimum absolute atomic E-state index is 0.00768. The van der Waals surface area contributed by atoms with E-state index in [0.29, 0.717) is 16.5 Å². The van der Waals surface area contributed by atoms with Gasteiger partial charge in [0.25, 0.3) is 10.0 Å². The number of aromatic nitrogens is 1. The molecule has 1 aromatic heterocycles. The highest BCUT2D eigenvalue weighted by molar-refractivity contribution is 9.10. The Morgan fingerprint density at radius 2 is 1.96 bits per heavy atom. The Labute approximate surface area is 156 Å². The van der Waals surface area contributed by atoms with Crippen molar-refractivity contribution in [1.29, 1.82) is 0 Å². The maximum Gasteiger partial charge on any atom is 0.268 e. The molecule has 0 saturated heterocycles. The van der Waals surface area contributed by atoms with Gasteiger partial charge >= 0.3 is 0 Å². The van der Waals surface area contributed by atoms with Crippen molar-refractivity contribution in [3.8, 4) is 0 Å². The second kappa shape index (κ2) is 6.60. The standard InChI is InChI=1S/C15H13BrClN3O4S/c16-11-2-1-3-13-15(11)9(7-18)8-19(13)25(23,24)10-4-5-12(17)14(6-10)20(21)22/h1-6,8,21-22H,7,18H2. The monoisotopic (exact) mass is 445 g/mol. The molecule has 4 N–H and O–H groups in total. The van der Waals surface area contributed by atoms with Gasteiger partial charge in [0.2, 0.25) is 0 Å². The van der Waals surface area contributed by atoms with Crippen LogP contribution in [-0.4, -0.2) is 22.8 Å². The molecular formula is C15H13BrClN3O4S. The molecular weight excluding hydrogens is 434 g/mol. The van der Waals surface area contributed by atoms with Gasteiger partial charge in [0, 0.05) is 22.6 Å². The summed E-state index contributed by atoms with van der Waals surface area (Å²) in [4.78, 5) is -0.152. The molecule has 0 atom stereocenters. The maximum absolute atomic E-state index is 13.1. The molecule has 0 amide bonds. The molecule has 0 spiro atoms. The van der Waals surface area contributed by atoms with Crippen LogP contribution in [0.2, 0.25) is 5.02 Å². The quantitative estimate of drug-likeness (QED) is 0.530. The zero-order chi connectivity index (χ0) is 18.4. The lowest BCUT2D eigenvalue weighted by molar-refractivity contribution is 0.0291. The van der Waals surface area contributed by atoms with E-state index in [0.717, 1.165) is 14.5 Å². The number of hydrogen-bond acceptors (Lipinski definition) is 6. The number of halogens is 2. The Balaban J connectivity index is 2.28. The molecule has 0 bridgehead atoms. The van der Waals surface area contributed by atoms with E-state index in [1.165, 1.54) is 18.3 Å². The molecule has 0 fully saturated rings.